The summed E-state index contributed by atoms with van der Waals surface area (Å²) in [6.07, 6.45) is 8.69. The third-order valence-corrected chi connectivity index (χ3v) is 2.48. The molecular weight excluding hydrogens is 228 g/mol. The highest BCUT2D eigenvalue weighted by atomic mass is 16.5. The maximum atomic E-state index is 4.87. The Morgan fingerprint density at radius 1 is 0.944 bits per heavy atom. The van der Waals surface area contributed by atoms with Gasteiger partial charge in [-0.15, -0.1) is 0 Å². The third kappa shape index (κ3) is 2.06. The standard InChI is InChI=1S/C7H5NO.C6H5N3/c1-2-4-7-6(3-1)5-8-9-7;1-2-7-4-9-5-8-3-6(1)9/h2*1-5H. The summed E-state index contributed by atoms with van der Waals surface area (Å²) in [5.74, 6) is 0. The number of fused-ring (bicyclic) bond motifs is 2. The lowest BCUT2D eigenvalue weighted by molar-refractivity contribution is 0.456. The molecule has 4 rings (SSSR count). The van der Waals surface area contributed by atoms with Gasteiger partial charge in [0.05, 0.1) is 17.9 Å². The highest BCUT2D eigenvalue weighted by molar-refractivity contribution is 5.75. The van der Waals surface area contributed by atoms with Crippen LogP contribution in [0.2, 0.25) is 0 Å². The number of hydrogen-bond acceptors (Lipinski definition) is 4. The summed E-state index contributed by atoms with van der Waals surface area (Å²) in [5.41, 5.74) is 1.92. The van der Waals surface area contributed by atoms with E-state index in [9.17, 15) is 0 Å². The molecule has 0 aliphatic heterocycles. The molecule has 5 heteroatoms. The van der Waals surface area contributed by atoms with Crippen LogP contribution in [0.5, 0.6) is 0 Å². The highest BCUT2D eigenvalue weighted by Crippen LogP contribution is 2.10. The second-order valence-electron chi connectivity index (χ2n) is 3.67. The zero-order valence-electron chi connectivity index (χ0n) is 9.47. The van der Waals surface area contributed by atoms with Crippen molar-refractivity contribution in [2.24, 2.45) is 0 Å². The number of hydrogen-bond donors (Lipinski definition) is 0. The molecule has 0 aliphatic carbocycles. The number of benzene rings is 1. The van der Waals surface area contributed by atoms with Gasteiger partial charge in [0.15, 0.2) is 5.58 Å². The van der Waals surface area contributed by atoms with Gasteiger partial charge in [-0.1, -0.05) is 17.3 Å². The monoisotopic (exact) mass is 238 g/mol. The largest absolute Gasteiger partial charge is 0.356 e. The van der Waals surface area contributed by atoms with Gasteiger partial charge < -0.3 is 4.52 Å². The molecule has 0 unspecified atom stereocenters. The quantitative estimate of drug-likeness (QED) is 0.472. The minimum absolute atomic E-state index is 0.845. The van der Waals surface area contributed by atoms with E-state index in [1.807, 2.05) is 34.7 Å². The maximum Gasteiger partial charge on any atom is 0.166 e. The van der Waals surface area contributed by atoms with Crippen LogP contribution in [0.3, 0.4) is 0 Å². The molecule has 0 atom stereocenters. The molecule has 3 aromatic heterocycles. The molecule has 0 bridgehead atoms. The lowest BCUT2D eigenvalue weighted by Gasteiger charge is -1.86. The summed E-state index contributed by atoms with van der Waals surface area (Å²) in [6, 6.07) is 9.65. The van der Waals surface area contributed by atoms with E-state index in [0.29, 0.717) is 0 Å². The zero-order chi connectivity index (χ0) is 12.2. The van der Waals surface area contributed by atoms with E-state index in [0.717, 1.165) is 16.5 Å². The molecule has 5 nitrogen and oxygen atoms in total. The Morgan fingerprint density at radius 2 is 1.83 bits per heavy atom. The van der Waals surface area contributed by atoms with Gasteiger partial charge in [-0.3, -0.25) is 4.40 Å². The Kier molecular flexibility index (Phi) is 2.71. The van der Waals surface area contributed by atoms with Crippen molar-refractivity contribution in [3.63, 3.8) is 0 Å². The van der Waals surface area contributed by atoms with Gasteiger partial charge in [0, 0.05) is 11.6 Å². The van der Waals surface area contributed by atoms with E-state index < -0.39 is 0 Å². The molecule has 4 aromatic rings. The molecule has 3 heterocycles. The fourth-order valence-corrected chi connectivity index (χ4v) is 1.58. The van der Waals surface area contributed by atoms with E-state index in [1.54, 1.807) is 31.2 Å². The van der Waals surface area contributed by atoms with Crippen molar-refractivity contribution in [1.29, 1.82) is 0 Å². The van der Waals surface area contributed by atoms with Gasteiger partial charge in [-0.25, -0.2) is 9.97 Å². The highest BCUT2D eigenvalue weighted by Gasteiger charge is 1.91. The van der Waals surface area contributed by atoms with Gasteiger partial charge in [-0.05, 0) is 18.2 Å². The van der Waals surface area contributed by atoms with E-state index in [2.05, 4.69) is 15.1 Å². The number of imidazole rings is 1. The van der Waals surface area contributed by atoms with Crippen molar-refractivity contribution in [3.8, 4) is 0 Å². The van der Waals surface area contributed by atoms with Crippen LogP contribution in [0.15, 0.2) is 66.1 Å². The van der Waals surface area contributed by atoms with E-state index >= 15 is 0 Å². The molecule has 0 amide bonds. The zero-order valence-corrected chi connectivity index (χ0v) is 9.47. The first-order valence-electron chi connectivity index (χ1n) is 5.44. The van der Waals surface area contributed by atoms with E-state index in [1.165, 1.54) is 0 Å². The van der Waals surface area contributed by atoms with Gasteiger partial charge in [-0.2, -0.15) is 0 Å². The summed E-state index contributed by atoms with van der Waals surface area (Å²) >= 11 is 0. The number of para-hydroxylation sites is 1. The Bertz CT molecular complexity index is 633. The smallest absolute Gasteiger partial charge is 0.166 e. The molecule has 0 spiro atoms. The van der Waals surface area contributed by atoms with Gasteiger partial charge in [0.2, 0.25) is 0 Å². The lowest BCUT2D eigenvalue weighted by Crippen LogP contribution is -1.80. The van der Waals surface area contributed by atoms with Crippen LogP contribution in [-0.2, 0) is 0 Å². The second kappa shape index (κ2) is 4.67. The van der Waals surface area contributed by atoms with Crippen molar-refractivity contribution in [1.82, 2.24) is 19.5 Å². The van der Waals surface area contributed by atoms with Gasteiger partial charge in [0.25, 0.3) is 0 Å². The normalized spacial score (nSPS) is 10.2. The molecule has 1 aromatic carbocycles. The average molecular weight is 238 g/mol. The molecule has 0 saturated heterocycles. The van der Waals surface area contributed by atoms with Crippen LogP contribution in [-0.4, -0.2) is 19.5 Å². The molecule has 0 fully saturated rings. The van der Waals surface area contributed by atoms with Crippen molar-refractivity contribution in [2.45, 2.75) is 0 Å². The van der Waals surface area contributed by atoms with Crippen LogP contribution in [0, 0.1) is 0 Å². The minimum Gasteiger partial charge on any atom is -0.356 e. The SMILES string of the molecule is c1cc2cncn2cn1.c1ccc2oncc2c1. The molecule has 0 aliphatic rings. The summed E-state index contributed by atoms with van der Waals surface area (Å²) in [6.45, 7) is 0. The predicted octanol–water partition coefficient (Wildman–Crippen LogP) is 2.56. The number of nitrogens with zero attached hydrogens (tertiary/aromatic N) is 4. The molecule has 0 N–H and O–H groups in total. The summed E-state index contributed by atoms with van der Waals surface area (Å²) in [4.78, 5) is 7.83. The van der Waals surface area contributed by atoms with Crippen molar-refractivity contribution in [2.75, 3.05) is 0 Å². The Hall–Kier alpha value is -2.69. The first kappa shape index (κ1) is 10.5. The van der Waals surface area contributed by atoms with Crippen molar-refractivity contribution >= 4 is 16.5 Å². The third-order valence-electron chi connectivity index (χ3n) is 2.48. The Balaban J connectivity index is 0.000000111. The topological polar surface area (TPSA) is 56.2 Å². The first-order valence-corrected chi connectivity index (χ1v) is 5.44. The summed E-state index contributed by atoms with van der Waals surface area (Å²) in [5, 5.41) is 4.68. The van der Waals surface area contributed by atoms with Crippen LogP contribution in [0.25, 0.3) is 16.5 Å². The van der Waals surface area contributed by atoms with Crippen LogP contribution >= 0.6 is 0 Å². The van der Waals surface area contributed by atoms with Gasteiger partial charge >= 0.3 is 0 Å². The summed E-state index contributed by atoms with van der Waals surface area (Å²) < 4.78 is 6.73. The second-order valence-corrected chi connectivity index (χ2v) is 3.67. The maximum absolute atomic E-state index is 4.87. The van der Waals surface area contributed by atoms with Crippen molar-refractivity contribution in [3.05, 3.63) is 61.6 Å². The number of rotatable bonds is 0. The average Bonchev–Trinajstić information content (AvgIpc) is 3.08. The van der Waals surface area contributed by atoms with E-state index in [4.69, 9.17) is 4.52 Å². The Morgan fingerprint density at radius 3 is 2.72 bits per heavy atom. The first-order chi connectivity index (χ1) is 8.93. The van der Waals surface area contributed by atoms with Crippen molar-refractivity contribution < 1.29 is 4.52 Å². The van der Waals surface area contributed by atoms with Crippen LogP contribution in [0.1, 0.15) is 0 Å². The Labute approximate surface area is 103 Å². The lowest BCUT2D eigenvalue weighted by atomic mass is 10.3. The fourth-order valence-electron chi connectivity index (χ4n) is 1.58. The molecule has 0 radical (unpaired) electrons. The minimum atomic E-state index is 0.845. The molecular formula is C13H10N4O. The predicted molar refractivity (Wildman–Crippen MR) is 67.0 cm³/mol. The van der Waals surface area contributed by atoms with Gasteiger partial charge in [0.1, 0.15) is 12.7 Å². The molecule has 18 heavy (non-hydrogen) atoms. The fraction of sp³-hybridized carbons (Fsp3) is 0. The number of aromatic nitrogens is 4. The van der Waals surface area contributed by atoms with Crippen LogP contribution < -0.4 is 0 Å². The molecule has 0 saturated carbocycles. The van der Waals surface area contributed by atoms with E-state index in [-0.39, 0.29) is 0 Å². The summed E-state index contributed by atoms with van der Waals surface area (Å²) in [7, 11) is 0. The van der Waals surface area contributed by atoms with Crippen LogP contribution in [0.4, 0.5) is 0 Å². The molecule has 88 valence electrons.